The normalized spacial score (nSPS) is 12.1. The molecule has 94 valence electrons. The molecular weight excluding hydrogens is 314 g/mol. The molecule has 0 radical (unpaired) electrons. The van der Waals surface area contributed by atoms with Gasteiger partial charge in [-0.2, -0.15) is 0 Å². The Hall–Kier alpha value is -1.17. The van der Waals surface area contributed by atoms with E-state index in [9.17, 15) is 8.76 Å². The second kappa shape index (κ2) is 6.13. The molecule has 1 unspecified atom stereocenters. The van der Waals surface area contributed by atoms with Crippen LogP contribution in [0.2, 0.25) is 0 Å². The van der Waals surface area contributed by atoms with Crippen LogP contribution in [-0.4, -0.2) is 8.76 Å². The van der Waals surface area contributed by atoms with E-state index in [4.69, 9.17) is 0 Å². The zero-order valence-corrected chi connectivity index (χ0v) is 11.8. The van der Waals surface area contributed by atoms with Crippen LogP contribution in [0.4, 0.5) is 5.69 Å². The van der Waals surface area contributed by atoms with Crippen LogP contribution < -0.4 is 5.32 Å². The van der Waals surface area contributed by atoms with E-state index in [1.54, 1.807) is 24.3 Å². The van der Waals surface area contributed by atoms with Gasteiger partial charge in [-0.1, -0.05) is 28.1 Å². The predicted octanol–water partition coefficient (Wildman–Crippen LogP) is 3.30. The van der Waals surface area contributed by atoms with Gasteiger partial charge >= 0.3 is 0 Å². The third-order valence-corrected chi connectivity index (χ3v) is 3.58. The molecule has 0 aliphatic rings. The van der Waals surface area contributed by atoms with Crippen molar-refractivity contribution >= 4 is 32.7 Å². The van der Waals surface area contributed by atoms with Crippen LogP contribution in [-0.2, 0) is 17.6 Å². The Morgan fingerprint density at radius 3 is 2.50 bits per heavy atom. The SMILES string of the molecule is O=S([O-])c1ccc(NCc2cccc(Br)c2)cc1. The lowest BCUT2D eigenvalue weighted by molar-refractivity contribution is 0.537. The van der Waals surface area contributed by atoms with E-state index < -0.39 is 11.1 Å². The summed E-state index contributed by atoms with van der Waals surface area (Å²) >= 11 is 1.25. The smallest absolute Gasteiger partial charge is 0.0401 e. The molecule has 0 fully saturated rings. The van der Waals surface area contributed by atoms with Crippen LogP contribution in [0, 0.1) is 0 Å². The lowest BCUT2D eigenvalue weighted by atomic mass is 10.2. The van der Waals surface area contributed by atoms with Crippen molar-refractivity contribution in [3.05, 3.63) is 58.6 Å². The average Bonchev–Trinajstić information content (AvgIpc) is 2.37. The van der Waals surface area contributed by atoms with Crippen molar-refractivity contribution in [3.63, 3.8) is 0 Å². The number of hydrogen-bond acceptors (Lipinski definition) is 3. The van der Waals surface area contributed by atoms with Crippen LogP contribution in [0.15, 0.2) is 57.9 Å². The van der Waals surface area contributed by atoms with Crippen LogP contribution in [0.5, 0.6) is 0 Å². The third kappa shape index (κ3) is 3.66. The van der Waals surface area contributed by atoms with Crippen LogP contribution in [0.25, 0.3) is 0 Å². The van der Waals surface area contributed by atoms with Gasteiger partial charge in [-0.05, 0) is 53.0 Å². The number of rotatable bonds is 4. The molecule has 0 saturated heterocycles. The fourth-order valence-electron chi connectivity index (χ4n) is 1.53. The third-order valence-electron chi connectivity index (χ3n) is 2.43. The summed E-state index contributed by atoms with van der Waals surface area (Å²) in [6, 6.07) is 14.7. The van der Waals surface area contributed by atoms with Crippen molar-refractivity contribution < 1.29 is 8.76 Å². The number of anilines is 1. The average molecular weight is 325 g/mol. The Labute approximate surface area is 117 Å². The van der Waals surface area contributed by atoms with Gasteiger partial charge in [-0.3, -0.25) is 4.21 Å². The second-order valence-electron chi connectivity index (χ2n) is 3.74. The standard InChI is InChI=1S/C13H12BrNO2S/c14-11-3-1-2-10(8-11)9-15-12-4-6-13(7-5-12)18(16)17/h1-8,15H,9H2,(H,16,17)/p-1. The summed E-state index contributed by atoms with van der Waals surface area (Å²) < 4.78 is 22.4. The monoisotopic (exact) mass is 324 g/mol. The van der Waals surface area contributed by atoms with E-state index in [-0.39, 0.29) is 0 Å². The zero-order chi connectivity index (χ0) is 13.0. The summed E-state index contributed by atoms with van der Waals surface area (Å²) in [6.45, 7) is 0.694. The molecule has 2 aromatic rings. The molecule has 2 rings (SSSR count). The van der Waals surface area contributed by atoms with Crippen molar-refractivity contribution in [2.75, 3.05) is 5.32 Å². The molecule has 0 aliphatic carbocycles. The van der Waals surface area contributed by atoms with Crippen LogP contribution >= 0.6 is 15.9 Å². The van der Waals surface area contributed by atoms with Gasteiger partial charge in [0, 0.05) is 21.6 Å². The molecule has 3 nitrogen and oxygen atoms in total. The molecule has 0 amide bonds. The largest absolute Gasteiger partial charge is 0.768 e. The summed E-state index contributed by atoms with van der Waals surface area (Å²) in [4.78, 5) is 0.294. The van der Waals surface area contributed by atoms with Crippen molar-refractivity contribution in [1.29, 1.82) is 0 Å². The molecule has 0 saturated carbocycles. The molecule has 0 aromatic heterocycles. The maximum absolute atomic E-state index is 10.7. The zero-order valence-electron chi connectivity index (χ0n) is 9.43. The number of halogens is 1. The van der Waals surface area contributed by atoms with Gasteiger partial charge in [0.15, 0.2) is 0 Å². The lowest BCUT2D eigenvalue weighted by Crippen LogP contribution is -1.99. The van der Waals surface area contributed by atoms with Gasteiger partial charge in [0.05, 0.1) is 0 Å². The maximum Gasteiger partial charge on any atom is 0.0401 e. The number of benzene rings is 2. The highest BCUT2D eigenvalue weighted by molar-refractivity contribution is 9.10. The van der Waals surface area contributed by atoms with E-state index >= 15 is 0 Å². The number of nitrogens with one attached hydrogen (secondary N) is 1. The summed E-state index contributed by atoms with van der Waals surface area (Å²) in [5.41, 5.74) is 2.05. The van der Waals surface area contributed by atoms with E-state index in [0.717, 1.165) is 15.7 Å². The second-order valence-corrected chi connectivity index (χ2v) is 5.60. The van der Waals surface area contributed by atoms with Crippen molar-refractivity contribution in [2.24, 2.45) is 0 Å². The van der Waals surface area contributed by atoms with Crippen LogP contribution in [0.1, 0.15) is 5.56 Å². The van der Waals surface area contributed by atoms with E-state index in [1.807, 2.05) is 24.3 Å². The molecule has 2 aromatic carbocycles. The van der Waals surface area contributed by atoms with E-state index in [2.05, 4.69) is 21.2 Å². The first kappa shape index (κ1) is 13.3. The minimum atomic E-state index is -2.16. The number of hydrogen-bond donors (Lipinski definition) is 1. The molecule has 0 aliphatic heterocycles. The first-order chi connectivity index (χ1) is 8.65. The molecule has 1 atom stereocenters. The van der Waals surface area contributed by atoms with Gasteiger partial charge in [-0.15, -0.1) is 0 Å². The summed E-state index contributed by atoms with van der Waals surface area (Å²) in [7, 11) is 0. The molecule has 18 heavy (non-hydrogen) atoms. The van der Waals surface area contributed by atoms with Gasteiger partial charge in [0.1, 0.15) is 0 Å². The molecule has 0 heterocycles. The minimum Gasteiger partial charge on any atom is -0.768 e. The maximum atomic E-state index is 10.7. The summed E-state index contributed by atoms with van der Waals surface area (Å²) in [5.74, 6) is 0. The summed E-state index contributed by atoms with van der Waals surface area (Å²) in [5, 5.41) is 3.23. The first-order valence-electron chi connectivity index (χ1n) is 5.33. The minimum absolute atomic E-state index is 0.294. The quantitative estimate of drug-likeness (QED) is 0.878. The van der Waals surface area contributed by atoms with Crippen molar-refractivity contribution in [1.82, 2.24) is 0 Å². The van der Waals surface area contributed by atoms with Gasteiger partial charge in [0.25, 0.3) is 0 Å². The van der Waals surface area contributed by atoms with Gasteiger partial charge < -0.3 is 9.87 Å². The molecule has 5 heteroatoms. The molecule has 0 spiro atoms. The topological polar surface area (TPSA) is 52.2 Å². The summed E-state index contributed by atoms with van der Waals surface area (Å²) in [6.07, 6.45) is 0. The fraction of sp³-hybridized carbons (Fsp3) is 0.0769. The Morgan fingerprint density at radius 1 is 1.17 bits per heavy atom. The molecule has 1 N–H and O–H groups in total. The van der Waals surface area contributed by atoms with Crippen LogP contribution in [0.3, 0.4) is 0 Å². The Kier molecular flexibility index (Phi) is 4.52. The van der Waals surface area contributed by atoms with Gasteiger partial charge in [0.2, 0.25) is 0 Å². The Balaban J connectivity index is 2.00. The highest BCUT2D eigenvalue weighted by atomic mass is 79.9. The van der Waals surface area contributed by atoms with E-state index in [0.29, 0.717) is 11.4 Å². The van der Waals surface area contributed by atoms with E-state index in [1.165, 1.54) is 0 Å². The lowest BCUT2D eigenvalue weighted by Gasteiger charge is -2.09. The van der Waals surface area contributed by atoms with Crippen molar-refractivity contribution in [3.8, 4) is 0 Å². The fourth-order valence-corrected chi connectivity index (χ4v) is 2.34. The first-order valence-corrected chi connectivity index (χ1v) is 7.19. The highest BCUT2D eigenvalue weighted by Gasteiger charge is 1.96. The van der Waals surface area contributed by atoms with Gasteiger partial charge in [-0.25, -0.2) is 0 Å². The predicted molar refractivity (Wildman–Crippen MR) is 75.1 cm³/mol. The molecular formula is C13H11BrNO2S-. The Bertz CT molecular complexity index is 557. The highest BCUT2D eigenvalue weighted by Crippen LogP contribution is 2.15. The Morgan fingerprint density at radius 2 is 1.89 bits per heavy atom. The van der Waals surface area contributed by atoms with Crippen molar-refractivity contribution in [2.45, 2.75) is 11.4 Å². The molecule has 0 bridgehead atoms.